The molecule has 15 heteroatoms. The SMILES string of the molecule is Cc1csc2c(OC(=O)N3CCN(C)CC3)cc3c(c12)[C@@H](CCl)CN3C(=O)c1cc2cc(NC(=O)c3cc4cc([N+](=O)[O-])ccc4[nH]3)ccc2[nH]1. The van der Waals surface area contributed by atoms with Crippen LogP contribution in [-0.2, 0) is 0 Å². The lowest BCUT2D eigenvalue weighted by Crippen LogP contribution is -2.48. The molecule has 3 aromatic heterocycles. The summed E-state index contributed by atoms with van der Waals surface area (Å²) in [5, 5.41) is 18.3. The molecule has 5 heterocycles. The smallest absolute Gasteiger partial charge is 0.409 e. The Morgan fingerprint density at radius 2 is 1.71 bits per heavy atom. The predicted octanol–water partition coefficient (Wildman–Crippen LogP) is 7.06. The standard InChI is InChI=1S/C36H32ClN7O6S/c1-19-18-51-33-30(50-36(47)42-9-7-41(2)8-10-42)15-29-32(31(19)33)22(16-37)17-43(29)35(46)28-14-20-11-23(3-5-25(20)40-28)38-34(45)27-13-21-12-24(44(48)49)4-6-26(21)39-27/h3-6,11-15,18,22,39-40H,7-10,16-17H2,1-2H3,(H,38,45)/t22-/m0/s1. The van der Waals surface area contributed by atoms with Crippen molar-refractivity contribution in [1.82, 2.24) is 19.8 Å². The van der Waals surface area contributed by atoms with Crippen molar-refractivity contribution < 1.29 is 24.0 Å². The lowest BCUT2D eigenvalue weighted by molar-refractivity contribution is -0.384. The number of H-pyrrole nitrogens is 2. The summed E-state index contributed by atoms with van der Waals surface area (Å²) in [5.74, 6) is -0.0684. The molecule has 51 heavy (non-hydrogen) atoms. The number of non-ortho nitro benzene ring substituents is 1. The molecule has 1 fully saturated rings. The van der Waals surface area contributed by atoms with Gasteiger partial charge in [-0.3, -0.25) is 19.7 Å². The highest BCUT2D eigenvalue weighted by Gasteiger charge is 2.37. The number of nitrogens with one attached hydrogen (secondary N) is 3. The van der Waals surface area contributed by atoms with E-state index in [0.29, 0.717) is 70.1 Å². The molecule has 0 spiro atoms. The lowest BCUT2D eigenvalue weighted by atomic mass is 9.97. The zero-order valence-electron chi connectivity index (χ0n) is 27.6. The van der Waals surface area contributed by atoms with Crippen molar-refractivity contribution in [2.45, 2.75) is 12.8 Å². The third-order valence-corrected chi connectivity index (χ3v) is 11.2. The number of hydrogen-bond donors (Lipinski definition) is 3. The second-order valence-corrected chi connectivity index (χ2v) is 14.2. The first-order valence-electron chi connectivity index (χ1n) is 16.4. The minimum absolute atomic E-state index is 0.0627. The number of ether oxygens (including phenoxy) is 1. The summed E-state index contributed by atoms with van der Waals surface area (Å²) in [6.07, 6.45) is -0.410. The number of aryl methyl sites for hydroxylation is 1. The predicted molar refractivity (Wildman–Crippen MR) is 198 cm³/mol. The van der Waals surface area contributed by atoms with Crippen LogP contribution in [0.15, 0.2) is 60.0 Å². The topological polar surface area (TPSA) is 157 Å². The molecule has 8 rings (SSSR count). The summed E-state index contributed by atoms with van der Waals surface area (Å²) in [6.45, 7) is 5.06. The van der Waals surface area contributed by atoms with E-state index in [1.165, 1.54) is 23.5 Å². The molecule has 0 unspecified atom stereocenters. The quantitative estimate of drug-likeness (QED) is 0.0943. The van der Waals surface area contributed by atoms with Gasteiger partial charge in [0, 0.05) is 95.6 Å². The summed E-state index contributed by atoms with van der Waals surface area (Å²) in [7, 11) is 2.02. The van der Waals surface area contributed by atoms with Gasteiger partial charge < -0.3 is 34.7 Å². The van der Waals surface area contributed by atoms with E-state index in [-0.39, 0.29) is 23.2 Å². The van der Waals surface area contributed by atoms with Gasteiger partial charge in [0.05, 0.1) is 15.3 Å². The van der Waals surface area contributed by atoms with Crippen LogP contribution in [0.5, 0.6) is 5.75 Å². The number of halogens is 1. The summed E-state index contributed by atoms with van der Waals surface area (Å²) in [4.78, 5) is 63.1. The summed E-state index contributed by atoms with van der Waals surface area (Å²) in [5.41, 5.74) is 5.01. The maximum absolute atomic E-state index is 14.2. The average Bonchev–Trinajstić information content (AvgIpc) is 3.91. The van der Waals surface area contributed by atoms with Gasteiger partial charge in [0.25, 0.3) is 17.5 Å². The fourth-order valence-corrected chi connectivity index (χ4v) is 8.24. The van der Waals surface area contributed by atoms with Crippen molar-refractivity contribution in [1.29, 1.82) is 0 Å². The van der Waals surface area contributed by atoms with Gasteiger partial charge in [0.1, 0.15) is 11.4 Å². The first kappa shape index (κ1) is 32.7. The zero-order valence-corrected chi connectivity index (χ0v) is 29.2. The van der Waals surface area contributed by atoms with Crippen LogP contribution in [0, 0.1) is 17.0 Å². The number of rotatable bonds is 6. The minimum Gasteiger partial charge on any atom is -0.409 e. The number of nitro benzene ring substituents is 1. The molecule has 2 aliphatic heterocycles. The number of amides is 3. The largest absolute Gasteiger partial charge is 0.415 e. The Morgan fingerprint density at radius 1 is 1.00 bits per heavy atom. The first-order chi connectivity index (χ1) is 24.6. The Labute approximate surface area is 299 Å². The average molecular weight is 726 g/mol. The Hall–Kier alpha value is -5.44. The van der Waals surface area contributed by atoms with E-state index in [4.69, 9.17) is 16.3 Å². The van der Waals surface area contributed by atoms with Crippen LogP contribution >= 0.6 is 22.9 Å². The van der Waals surface area contributed by atoms with Gasteiger partial charge in [-0.25, -0.2) is 4.79 Å². The Bertz CT molecular complexity index is 2410. The van der Waals surface area contributed by atoms with Crippen molar-refractivity contribution in [3.63, 3.8) is 0 Å². The number of aromatic nitrogens is 2. The number of likely N-dealkylation sites (N-methyl/N-ethyl adjacent to an activating group) is 1. The molecule has 1 saturated heterocycles. The molecule has 260 valence electrons. The third-order valence-electron chi connectivity index (χ3n) is 9.67. The van der Waals surface area contributed by atoms with E-state index >= 15 is 0 Å². The van der Waals surface area contributed by atoms with Crippen LogP contribution in [0.25, 0.3) is 31.9 Å². The fraction of sp³-hybridized carbons (Fsp3) is 0.250. The van der Waals surface area contributed by atoms with Crippen LogP contribution in [-0.4, -0.2) is 88.3 Å². The molecule has 0 aliphatic carbocycles. The van der Waals surface area contributed by atoms with Crippen molar-refractivity contribution in [3.8, 4) is 5.75 Å². The van der Waals surface area contributed by atoms with Crippen LogP contribution in [0.1, 0.15) is 38.0 Å². The number of alkyl halides is 1. The highest BCUT2D eigenvalue weighted by Crippen LogP contribution is 2.49. The second-order valence-electron chi connectivity index (χ2n) is 13.0. The lowest BCUT2D eigenvalue weighted by Gasteiger charge is -2.31. The van der Waals surface area contributed by atoms with Gasteiger partial charge in [-0.1, -0.05) is 0 Å². The van der Waals surface area contributed by atoms with Gasteiger partial charge in [-0.15, -0.1) is 22.9 Å². The number of carbonyl (C=O) groups excluding carboxylic acids is 3. The normalized spacial score (nSPS) is 16.3. The maximum Gasteiger partial charge on any atom is 0.415 e. The summed E-state index contributed by atoms with van der Waals surface area (Å²) < 4.78 is 6.89. The van der Waals surface area contributed by atoms with Crippen molar-refractivity contribution in [2.75, 3.05) is 55.9 Å². The van der Waals surface area contributed by atoms with Crippen LogP contribution in [0.3, 0.4) is 0 Å². The number of thiophene rings is 1. The molecule has 3 N–H and O–H groups in total. The van der Waals surface area contributed by atoms with Crippen molar-refractivity contribution >= 4 is 89.8 Å². The van der Waals surface area contributed by atoms with Crippen LogP contribution in [0.4, 0.5) is 21.9 Å². The molecule has 0 radical (unpaired) electrons. The Balaban J connectivity index is 1.07. The van der Waals surface area contributed by atoms with E-state index in [1.807, 2.05) is 19.4 Å². The molecular weight excluding hydrogens is 694 g/mol. The Kier molecular flexibility index (Phi) is 8.16. The number of benzene rings is 3. The number of nitro groups is 1. The summed E-state index contributed by atoms with van der Waals surface area (Å²) in [6, 6.07) is 14.7. The van der Waals surface area contributed by atoms with Crippen molar-refractivity contribution in [3.05, 3.63) is 92.6 Å². The van der Waals surface area contributed by atoms with E-state index in [2.05, 4.69) is 20.2 Å². The van der Waals surface area contributed by atoms with E-state index in [1.54, 1.807) is 52.3 Å². The highest BCUT2D eigenvalue weighted by atomic mass is 35.5. The van der Waals surface area contributed by atoms with Gasteiger partial charge in [0.15, 0.2) is 5.75 Å². The third kappa shape index (κ3) is 5.84. The highest BCUT2D eigenvalue weighted by molar-refractivity contribution is 7.17. The number of nitrogens with zero attached hydrogens (tertiary/aromatic N) is 4. The van der Waals surface area contributed by atoms with E-state index in [9.17, 15) is 24.5 Å². The maximum atomic E-state index is 14.2. The molecule has 1 atom stereocenters. The van der Waals surface area contributed by atoms with Crippen LogP contribution < -0.4 is 15.0 Å². The van der Waals surface area contributed by atoms with E-state index in [0.717, 1.165) is 34.3 Å². The fourth-order valence-electron chi connectivity index (χ4n) is 6.97. The summed E-state index contributed by atoms with van der Waals surface area (Å²) >= 11 is 8.03. The van der Waals surface area contributed by atoms with Gasteiger partial charge in [0.2, 0.25) is 0 Å². The van der Waals surface area contributed by atoms with Gasteiger partial charge in [-0.05, 0) is 66.9 Å². The molecule has 3 amide bonds. The number of anilines is 2. The monoisotopic (exact) mass is 725 g/mol. The molecule has 6 aromatic rings. The van der Waals surface area contributed by atoms with Gasteiger partial charge >= 0.3 is 6.09 Å². The molecule has 0 bridgehead atoms. The second kappa shape index (κ2) is 12.7. The zero-order chi connectivity index (χ0) is 35.6. The number of aromatic amines is 2. The van der Waals surface area contributed by atoms with Crippen molar-refractivity contribution in [2.24, 2.45) is 0 Å². The number of fused-ring (bicyclic) bond motifs is 5. The van der Waals surface area contributed by atoms with Gasteiger partial charge in [-0.2, -0.15) is 0 Å². The minimum atomic E-state index is -0.483. The molecule has 2 aliphatic rings. The molecule has 3 aromatic carbocycles. The van der Waals surface area contributed by atoms with Crippen LogP contribution in [0.2, 0.25) is 0 Å². The molecule has 0 saturated carbocycles. The first-order valence-corrected chi connectivity index (χ1v) is 17.8. The number of hydrogen-bond acceptors (Lipinski definition) is 8. The number of piperazine rings is 1. The van der Waals surface area contributed by atoms with E-state index < -0.39 is 16.9 Å². The number of carbonyl (C=O) groups is 3. The molecular formula is C36H32ClN7O6S. The molecule has 13 nitrogen and oxygen atoms in total. The Morgan fingerprint density at radius 3 is 2.45 bits per heavy atom.